The molecule has 0 aliphatic rings. The highest BCUT2D eigenvalue weighted by molar-refractivity contribution is 7.89. The van der Waals surface area contributed by atoms with Gasteiger partial charge in [0, 0.05) is 17.8 Å². The van der Waals surface area contributed by atoms with E-state index in [-0.39, 0.29) is 15.7 Å². The fraction of sp³-hybridized carbons (Fsp3) is 0.167. The number of nitrogens with zero attached hydrogens (tertiary/aromatic N) is 2. The van der Waals surface area contributed by atoms with Gasteiger partial charge in [0.1, 0.15) is 10.0 Å². The van der Waals surface area contributed by atoms with Crippen LogP contribution in [0.1, 0.15) is 5.69 Å². The van der Waals surface area contributed by atoms with Gasteiger partial charge in [-0.2, -0.15) is 5.10 Å². The van der Waals surface area contributed by atoms with Crippen molar-refractivity contribution in [3.8, 4) is 0 Å². The summed E-state index contributed by atoms with van der Waals surface area (Å²) in [7, 11) is -2.54. The molecule has 1 aromatic carbocycles. The van der Waals surface area contributed by atoms with E-state index in [1.807, 2.05) is 10.3 Å². The van der Waals surface area contributed by atoms with Crippen LogP contribution in [0.15, 0.2) is 29.2 Å². The first-order chi connectivity index (χ1) is 10.7. The van der Waals surface area contributed by atoms with Crippen molar-refractivity contribution >= 4 is 44.9 Å². The zero-order valence-corrected chi connectivity index (χ0v) is 14.4. The number of benzene rings is 1. The average molecular weight is 378 g/mol. The van der Waals surface area contributed by atoms with Gasteiger partial charge in [-0.15, -0.1) is 4.83 Å². The van der Waals surface area contributed by atoms with Crippen LogP contribution in [0.2, 0.25) is 10.2 Å². The standard InChI is InChI=1S/C12H13Cl2N5O3S/c1-7-10(11(14)19(2)17-7)23(21,22)18-16-12(20)15-9-5-3-8(13)4-6-9/h3-6,18H,1-2H3,(H2,15,16,20). The molecule has 0 fully saturated rings. The van der Waals surface area contributed by atoms with Gasteiger partial charge in [-0.3, -0.25) is 10.1 Å². The van der Waals surface area contributed by atoms with Crippen LogP contribution in [-0.4, -0.2) is 24.2 Å². The maximum absolute atomic E-state index is 12.2. The van der Waals surface area contributed by atoms with Gasteiger partial charge in [0.15, 0.2) is 0 Å². The number of halogens is 2. The second-order valence-electron chi connectivity index (χ2n) is 4.52. The highest BCUT2D eigenvalue weighted by atomic mass is 35.5. The summed E-state index contributed by atoms with van der Waals surface area (Å²) in [6.45, 7) is 1.49. The molecule has 8 nitrogen and oxygen atoms in total. The number of hydrazine groups is 1. The third-order valence-electron chi connectivity index (χ3n) is 2.77. The first-order valence-electron chi connectivity index (χ1n) is 6.24. The molecule has 0 bridgehead atoms. The third-order valence-corrected chi connectivity index (χ3v) is 4.96. The SMILES string of the molecule is Cc1nn(C)c(Cl)c1S(=O)(=O)NNC(=O)Nc1ccc(Cl)cc1. The highest BCUT2D eigenvalue weighted by Gasteiger charge is 2.25. The number of rotatable bonds is 4. The molecule has 0 saturated carbocycles. The molecule has 23 heavy (non-hydrogen) atoms. The zero-order valence-electron chi connectivity index (χ0n) is 12.1. The minimum atomic E-state index is -4.05. The van der Waals surface area contributed by atoms with Crippen molar-refractivity contribution in [1.82, 2.24) is 20.0 Å². The molecular weight excluding hydrogens is 365 g/mol. The summed E-state index contributed by atoms with van der Waals surface area (Å²) in [6.07, 6.45) is 0. The number of sulfonamides is 1. The van der Waals surface area contributed by atoms with Gasteiger partial charge in [-0.05, 0) is 31.2 Å². The summed E-state index contributed by atoms with van der Waals surface area (Å²) in [5, 5.41) is 6.79. The van der Waals surface area contributed by atoms with E-state index in [1.54, 1.807) is 24.3 Å². The summed E-state index contributed by atoms with van der Waals surface area (Å²) < 4.78 is 25.6. The molecule has 1 aromatic heterocycles. The van der Waals surface area contributed by atoms with Crippen LogP contribution >= 0.6 is 23.2 Å². The van der Waals surface area contributed by atoms with E-state index >= 15 is 0 Å². The van der Waals surface area contributed by atoms with Crippen molar-refractivity contribution < 1.29 is 13.2 Å². The predicted molar refractivity (Wildman–Crippen MR) is 86.9 cm³/mol. The first-order valence-corrected chi connectivity index (χ1v) is 8.48. The number of anilines is 1. The van der Waals surface area contributed by atoms with E-state index in [0.717, 1.165) is 0 Å². The fourth-order valence-electron chi connectivity index (χ4n) is 1.78. The Hall–Kier alpha value is -1.81. The van der Waals surface area contributed by atoms with E-state index in [2.05, 4.69) is 10.4 Å². The Morgan fingerprint density at radius 1 is 1.22 bits per heavy atom. The quantitative estimate of drug-likeness (QED) is 0.708. The van der Waals surface area contributed by atoms with E-state index in [4.69, 9.17) is 23.2 Å². The van der Waals surface area contributed by atoms with Crippen LogP contribution in [-0.2, 0) is 17.1 Å². The van der Waals surface area contributed by atoms with Gasteiger partial charge in [0.05, 0.1) is 5.69 Å². The van der Waals surface area contributed by atoms with Crippen LogP contribution in [0.25, 0.3) is 0 Å². The average Bonchev–Trinajstić information content (AvgIpc) is 2.73. The smallest absolute Gasteiger partial charge is 0.307 e. The lowest BCUT2D eigenvalue weighted by Crippen LogP contribution is -2.44. The maximum Gasteiger partial charge on any atom is 0.334 e. The Kier molecular flexibility index (Phi) is 5.15. The number of hydrogen-bond acceptors (Lipinski definition) is 4. The van der Waals surface area contributed by atoms with Crippen molar-refractivity contribution in [2.75, 3.05) is 5.32 Å². The van der Waals surface area contributed by atoms with Gasteiger partial charge in [0.25, 0.3) is 10.0 Å². The molecule has 0 unspecified atom stereocenters. The Morgan fingerprint density at radius 2 is 1.83 bits per heavy atom. The third kappa shape index (κ3) is 4.14. The summed E-state index contributed by atoms with van der Waals surface area (Å²) in [4.78, 5) is 13.5. The predicted octanol–water partition coefficient (Wildman–Crippen LogP) is 2.05. The minimum Gasteiger partial charge on any atom is -0.307 e. The van der Waals surface area contributed by atoms with Crippen molar-refractivity contribution in [1.29, 1.82) is 0 Å². The van der Waals surface area contributed by atoms with E-state index in [0.29, 0.717) is 10.7 Å². The largest absolute Gasteiger partial charge is 0.334 e. The van der Waals surface area contributed by atoms with Crippen LogP contribution in [0.5, 0.6) is 0 Å². The summed E-state index contributed by atoms with van der Waals surface area (Å²) >= 11 is 11.6. The topological polar surface area (TPSA) is 105 Å². The second kappa shape index (κ2) is 6.75. The van der Waals surface area contributed by atoms with Gasteiger partial charge in [0.2, 0.25) is 0 Å². The number of hydrogen-bond donors (Lipinski definition) is 3. The Labute approximate surface area is 142 Å². The molecule has 3 N–H and O–H groups in total. The van der Waals surface area contributed by atoms with Gasteiger partial charge in [-0.25, -0.2) is 13.2 Å². The van der Waals surface area contributed by atoms with Crippen molar-refractivity contribution in [3.63, 3.8) is 0 Å². The summed E-state index contributed by atoms with van der Waals surface area (Å²) in [5.41, 5.74) is 2.69. The maximum atomic E-state index is 12.2. The van der Waals surface area contributed by atoms with E-state index in [9.17, 15) is 13.2 Å². The molecule has 124 valence electrons. The number of amides is 2. The van der Waals surface area contributed by atoms with Crippen molar-refractivity contribution in [2.24, 2.45) is 7.05 Å². The molecule has 2 aromatic rings. The molecular formula is C12H13Cl2N5O3S. The number of carbonyl (C=O) groups excluding carboxylic acids is 1. The minimum absolute atomic E-state index is 0.0603. The van der Waals surface area contributed by atoms with Crippen LogP contribution in [0, 0.1) is 6.92 Å². The fourth-order valence-corrected chi connectivity index (χ4v) is 3.49. The summed E-state index contributed by atoms with van der Waals surface area (Å²) in [6, 6.07) is 5.53. The normalized spacial score (nSPS) is 11.3. The van der Waals surface area contributed by atoms with Crippen LogP contribution in [0.3, 0.4) is 0 Å². The van der Waals surface area contributed by atoms with Crippen LogP contribution < -0.4 is 15.6 Å². The number of aryl methyl sites for hydroxylation is 2. The molecule has 11 heteroatoms. The number of nitrogens with one attached hydrogen (secondary N) is 3. The molecule has 0 aliphatic heterocycles. The van der Waals surface area contributed by atoms with Crippen LogP contribution in [0.4, 0.5) is 10.5 Å². The number of aromatic nitrogens is 2. The number of urea groups is 1. The lowest BCUT2D eigenvalue weighted by atomic mass is 10.3. The van der Waals surface area contributed by atoms with E-state index in [1.165, 1.54) is 18.7 Å². The van der Waals surface area contributed by atoms with Crippen molar-refractivity contribution in [3.05, 3.63) is 40.1 Å². The Bertz CT molecular complexity index is 833. The summed E-state index contributed by atoms with van der Waals surface area (Å²) in [5.74, 6) is 0. The lowest BCUT2D eigenvalue weighted by Gasteiger charge is -2.09. The second-order valence-corrected chi connectivity index (χ2v) is 6.93. The molecule has 1 heterocycles. The zero-order chi connectivity index (χ0) is 17.2. The molecule has 0 aliphatic carbocycles. The molecule has 2 amide bonds. The van der Waals surface area contributed by atoms with Gasteiger partial charge in [-0.1, -0.05) is 23.2 Å². The molecule has 0 spiro atoms. The lowest BCUT2D eigenvalue weighted by molar-refractivity contribution is 0.250. The monoisotopic (exact) mass is 377 g/mol. The van der Waals surface area contributed by atoms with Gasteiger partial charge >= 0.3 is 6.03 Å². The molecule has 0 atom stereocenters. The molecule has 0 radical (unpaired) electrons. The van der Waals surface area contributed by atoms with E-state index < -0.39 is 16.1 Å². The highest BCUT2D eigenvalue weighted by Crippen LogP contribution is 2.23. The molecule has 2 rings (SSSR count). The Balaban J connectivity index is 2.04. The first kappa shape index (κ1) is 17.5. The number of carbonyl (C=O) groups is 1. The van der Waals surface area contributed by atoms with Gasteiger partial charge < -0.3 is 5.32 Å². The van der Waals surface area contributed by atoms with Crippen molar-refractivity contribution in [2.45, 2.75) is 11.8 Å². The molecule has 0 saturated heterocycles. The Morgan fingerprint density at radius 3 is 2.35 bits per heavy atom.